The van der Waals surface area contributed by atoms with Gasteiger partial charge in [0.15, 0.2) is 0 Å². The first-order chi connectivity index (χ1) is 5.20. The molecular weight excluding hydrogens is 253 g/mol. The van der Waals surface area contributed by atoms with E-state index in [0.29, 0.717) is 18.2 Å². The molecule has 0 aromatic heterocycles. The quantitative estimate of drug-likeness (QED) is 0.336. The summed E-state index contributed by atoms with van der Waals surface area (Å²) in [4.78, 5) is 2.25. The summed E-state index contributed by atoms with van der Waals surface area (Å²) in [5, 5.41) is 0. The molecule has 3 heteroatoms. The standard InChI is InChI=1S/C8H16INO/c1-4-6(2)7-8(11-7)10(3)5-9/h6-8H,4-5H2,1-3H3. The van der Waals surface area contributed by atoms with Crippen molar-refractivity contribution in [1.29, 1.82) is 0 Å². The SMILES string of the molecule is CCC(C)C1OC1N(C)CI. The smallest absolute Gasteiger partial charge is 0.138 e. The van der Waals surface area contributed by atoms with Crippen LogP contribution in [0.3, 0.4) is 0 Å². The van der Waals surface area contributed by atoms with Gasteiger partial charge in [0, 0.05) is 0 Å². The fraction of sp³-hybridized carbons (Fsp3) is 1.00. The van der Waals surface area contributed by atoms with Crippen LogP contribution in [0, 0.1) is 5.92 Å². The molecule has 1 rings (SSSR count). The van der Waals surface area contributed by atoms with Crippen molar-refractivity contribution in [3.05, 3.63) is 0 Å². The van der Waals surface area contributed by atoms with Gasteiger partial charge in [-0.1, -0.05) is 42.9 Å². The van der Waals surface area contributed by atoms with Gasteiger partial charge in [0.05, 0.1) is 4.55 Å². The topological polar surface area (TPSA) is 15.8 Å². The lowest BCUT2D eigenvalue weighted by Gasteiger charge is -2.10. The monoisotopic (exact) mass is 269 g/mol. The van der Waals surface area contributed by atoms with Gasteiger partial charge in [-0.2, -0.15) is 0 Å². The average molecular weight is 269 g/mol. The highest BCUT2D eigenvalue weighted by atomic mass is 127. The summed E-state index contributed by atoms with van der Waals surface area (Å²) < 4.78 is 6.59. The first kappa shape index (κ1) is 9.74. The van der Waals surface area contributed by atoms with Gasteiger partial charge in [-0.15, -0.1) is 0 Å². The maximum atomic E-state index is 5.54. The summed E-state index contributed by atoms with van der Waals surface area (Å²) >= 11 is 2.36. The van der Waals surface area contributed by atoms with E-state index in [0.717, 1.165) is 4.55 Å². The predicted molar refractivity (Wildman–Crippen MR) is 54.8 cm³/mol. The second kappa shape index (κ2) is 4.05. The van der Waals surface area contributed by atoms with Crippen molar-refractivity contribution >= 4 is 22.6 Å². The Labute approximate surface area is 82.4 Å². The molecule has 2 nitrogen and oxygen atoms in total. The van der Waals surface area contributed by atoms with E-state index < -0.39 is 0 Å². The lowest BCUT2D eigenvalue weighted by molar-refractivity contribution is 0.236. The van der Waals surface area contributed by atoms with E-state index in [-0.39, 0.29) is 0 Å². The van der Waals surface area contributed by atoms with Crippen LogP contribution < -0.4 is 0 Å². The van der Waals surface area contributed by atoms with Crippen molar-refractivity contribution in [3.8, 4) is 0 Å². The highest BCUT2D eigenvalue weighted by molar-refractivity contribution is 14.1. The van der Waals surface area contributed by atoms with Crippen LogP contribution in [0.2, 0.25) is 0 Å². The normalized spacial score (nSPS) is 32.5. The van der Waals surface area contributed by atoms with Gasteiger partial charge in [-0.3, -0.25) is 4.90 Å². The number of likely N-dealkylation sites (N-methyl/N-ethyl adjacent to an activating group) is 1. The van der Waals surface area contributed by atoms with Crippen LogP contribution in [0.5, 0.6) is 0 Å². The predicted octanol–water partition coefficient (Wildman–Crippen LogP) is 2.08. The Morgan fingerprint density at radius 2 is 2.27 bits per heavy atom. The lowest BCUT2D eigenvalue weighted by Crippen LogP contribution is -2.23. The largest absolute Gasteiger partial charge is 0.353 e. The number of epoxide rings is 1. The van der Waals surface area contributed by atoms with Crippen LogP contribution in [-0.4, -0.2) is 28.8 Å². The zero-order chi connectivity index (χ0) is 8.43. The van der Waals surface area contributed by atoms with Gasteiger partial charge in [0.25, 0.3) is 0 Å². The summed E-state index contributed by atoms with van der Waals surface area (Å²) in [5.74, 6) is 0.713. The van der Waals surface area contributed by atoms with Crippen molar-refractivity contribution in [2.75, 3.05) is 11.6 Å². The number of halogens is 1. The van der Waals surface area contributed by atoms with Crippen molar-refractivity contribution in [1.82, 2.24) is 4.90 Å². The molecule has 1 aliphatic heterocycles. The van der Waals surface area contributed by atoms with Crippen LogP contribution in [0.4, 0.5) is 0 Å². The molecule has 3 atom stereocenters. The maximum absolute atomic E-state index is 5.54. The fourth-order valence-corrected chi connectivity index (χ4v) is 1.57. The summed E-state index contributed by atoms with van der Waals surface area (Å²) in [6, 6.07) is 0. The van der Waals surface area contributed by atoms with Crippen LogP contribution >= 0.6 is 22.6 Å². The Balaban J connectivity index is 2.25. The van der Waals surface area contributed by atoms with Gasteiger partial charge in [-0.25, -0.2) is 0 Å². The molecule has 1 aliphatic rings. The Hall–Kier alpha value is 0.650. The highest BCUT2D eigenvalue weighted by Gasteiger charge is 2.44. The Morgan fingerprint density at radius 1 is 1.64 bits per heavy atom. The number of hydrogen-bond donors (Lipinski definition) is 0. The molecule has 3 unspecified atom stereocenters. The zero-order valence-electron chi connectivity index (χ0n) is 7.38. The molecule has 0 aromatic carbocycles. The molecule has 0 N–H and O–H groups in total. The van der Waals surface area contributed by atoms with E-state index in [1.54, 1.807) is 0 Å². The molecule has 1 heterocycles. The number of nitrogens with zero attached hydrogens (tertiary/aromatic N) is 1. The van der Waals surface area contributed by atoms with Crippen molar-refractivity contribution < 1.29 is 4.74 Å². The summed E-state index contributed by atoms with van der Waals surface area (Å²) in [7, 11) is 2.11. The molecule has 0 aromatic rings. The van der Waals surface area contributed by atoms with Crippen LogP contribution in [0.15, 0.2) is 0 Å². The first-order valence-corrected chi connectivity index (χ1v) is 5.65. The molecule has 66 valence electrons. The van der Waals surface area contributed by atoms with Gasteiger partial charge in [0.2, 0.25) is 0 Å². The summed E-state index contributed by atoms with van der Waals surface area (Å²) in [6.07, 6.45) is 2.12. The van der Waals surface area contributed by atoms with Gasteiger partial charge < -0.3 is 4.74 Å². The molecule has 0 bridgehead atoms. The summed E-state index contributed by atoms with van der Waals surface area (Å²) in [5.41, 5.74) is 0. The maximum Gasteiger partial charge on any atom is 0.138 e. The highest BCUT2D eigenvalue weighted by Crippen LogP contribution is 2.33. The van der Waals surface area contributed by atoms with E-state index in [2.05, 4.69) is 48.4 Å². The first-order valence-electron chi connectivity index (χ1n) is 4.12. The van der Waals surface area contributed by atoms with Gasteiger partial charge in [-0.05, 0) is 13.0 Å². The second-order valence-corrected chi connectivity index (χ2v) is 3.94. The van der Waals surface area contributed by atoms with Crippen LogP contribution in [0.1, 0.15) is 20.3 Å². The van der Waals surface area contributed by atoms with Crippen LogP contribution in [0.25, 0.3) is 0 Å². The third-order valence-corrected chi connectivity index (χ3v) is 3.40. The van der Waals surface area contributed by atoms with Crippen molar-refractivity contribution in [2.24, 2.45) is 5.92 Å². The Kier molecular flexibility index (Phi) is 3.58. The molecule has 0 saturated carbocycles. The minimum Gasteiger partial charge on any atom is -0.353 e. The van der Waals surface area contributed by atoms with E-state index in [9.17, 15) is 0 Å². The number of hydrogen-bond acceptors (Lipinski definition) is 2. The lowest BCUT2D eigenvalue weighted by atomic mass is 10.1. The Bertz CT molecular complexity index is 117. The fourth-order valence-electron chi connectivity index (χ4n) is 1.19. The zero-order valence-corrected chi connectivity index (χ0v) is 9.54. The average Bonchev–Trinajstić information content (AvgIpc) is 2.80. The third-order valence-electron chi connectivity index (χ3n) is 2.33. The number of alkyl halides is 1. The van der Waals surface area contributed by atoms with Gasteiger partial charge in [0.1, 0.15) is 12.3 Å². The number of ether oxygens (including phenoxy) is 1. The minimum absolute atomic E-state index is 0.404. The molecule has 0 amide bonds. The second-order valence-electron chi connectivity index (χ2n) is 3.25. The van der Waals surface area contributed by atoms with Crippen molar-refractivity contribution in [3.63, 3.8) is 0 Å². The molecule has 0 aliphatic carbocycles. The molecule has 0 spiro atoms. The molecule has 11 heavy (non-hydrogen) atoms. The van der Waals surface area contributed by atoms with E-state index in [4.69, 9.17) is 4.74 Å². The minimum atomic E-state index is 0.404. The van der Waals surface area contributed by atoms with Crippen molar-refractivity contribution in [2.45, 2.75) is 32.6 Å². The molecule has 0 radical (unpaired) electrons. The van der Waals surface area contributed by atoms with E-state index in [1.165, 1.54) is 6.42 Å². The third kappa shape index (κ3) is 2.29. The molecular formula is C8H16INO. The number of rotatable bonds is 4. The van der Waals surface area contributed by atoms with E-state index in [1.807, 2.05) is 0 Å². The molecule has 1 saturated heterocycles. The van der Waals surface area contributed by atoms with Crippen LogP contribution in [-0.2, 0) is 4.74 Å². The Morgan fingerprint density at radius 3 is 2.73 bits per heavy atom. The van der Waals surface area contributed by atoms with Gasteiger partial charge >= 0.3 is 0 Å². The molecule has 1 fully saturated rings. The van der Waals surface area contributed by atoms with E-state index >= 15 is 0 Å². The summed E-state index contributed by atoms with van der Waals surface area (Å²) in [6.45, 7) is 4.47.